The van der Waals surface area contributed by atoms with Crippen LogP contribution in [0.25, 0.3) is 5.57 Å². The average molecular weight is 417 g/mol. The van der Waals surface area contributed by atoms with Gasteiger partial charge in [-0.2, -0.15) is 0 Å². The minimum Gasteiger partial charge on any atom is -0.419 e. The Hall–Kier alpha value is -3.53. The summed E-state index contributed by atoms with van der Waals surface area (Å²) in [6, 6.07) is 6.32. The smallest absolute Gasteiger partial charge is 0.273 e. The van der Waals surface area contributed by atoms with E-state index in [4.69, 9.17) is 10.2 Å². The van der Waals surface area contributed by atoms with Crippen LogP contribution in [-0.4, -0.2) is 36.9 Å². The third-order valence-electron chi connectivity index (χ3n) is 4.34. The Kier molecular flexibility index (Phi) is 6.58. The molecule has 0 bridgehead atoms. The van der Waals surface area contributed by atoms with Crippen molar-refractivity contribution in [3.63, 3.8) is 0 Å². The van der Waals surface area contributed by atoms with Gasteiger partial charge >= 0.3 is 0 Å². The highest BCUT2D eigenvalue weighted by Gasteiger charge is 2.27. The standard InChI is InChI=1S/C20H21F2N5O3/c1-24-9-10-25-18(29)11-5-7-12(8-6-11)26-20-16(17(23)28)27-19(30-20)15-13(21)3-2-4-14(15)22/h3,5-8,24,26H,2,4,9-10H2,1H3,(H2,23,28)(H,25,29). The largest absolute Gasteiger partial charge is 0.419 e. The van der Waals surface area contributed by atoms with E-state index in [1.807, 2.05) is 0 Å². The van der Waals surface area contributed by atoms with Crippen LogP contribution in [0, 0.1) is 0 Å². The van der Waals surface area contributed by atoms with Gasteiger partial charge in [0.25, 0.3) is 11.8 Å². The second kappa shape index (κ2) is 9.31. The SMILES string of the molecule is CNCCNC(=O)c1ccc(Nc2oc(C3=C(F)CCC=C3F)nc2C(N)=O)cc1. The molecule has 0 unspecified atom stereocenters. The molecule has 0 fully saturated rings. The number of nitrogens with one attached hydrogen (secondary N) is 3. The second-order valence-corrected chi connectivity index (χ2v) is 6.49. The maximum absolute atomic E-state index is 14.1. The Bertz CT molecular complexity index is 1010. The molecule has 10 heteroatoms. The van der Waals surface area contributed by atoms with Crippen molar-refractivity contribution in [2.75, 3.05) is 25.5 Å². The van der Waals surface area contributed by atoms with Crippen molar-refractivity contribution in [3.05, 3.63) is 59.1 Å². The summed E-state index contributed by atoms with van der Waals surface area (Å²) in [7, 11) is 1.78. The number of likely N-dealkylation sites (N-methyl/N-ethyl adjacent to an activating group) is 1. The van der Waals surface area contributed by atoms with Crippen LogP contribution in [0.3, 0.4) is 0 Å². The Morgan fingerprint density at radius 2 is 1.93 bits per heavy atom. The predicted octanol–water partition coefficient (Wildman–Crippen LogP) is 2.79. The van der Waals surface area contributed by atoms with Crippen LogP contribution in [-0.2, 0) is 0 Å². The molecule has 0 saturated carbocycles. The van der Waals surface area contributed by atoms with Gasteiger partial charge in [-0.1, -0.05) is 0 Å². The van der Waals surface area contributed by atoms with Crippen molar-refractivity contribution in [3.8, 4) is 0 Å². The van der Waals surface area contributed by atoms with Crippen molar-refractivity contribution in [1.82, 2.24) is 15.6 Å². The van der Waals surface area contributed by atoms with E-state index in [9.17, 15) is 18.4 Å². The number of rotatable bonds is 8. The van der Waals surface area contributed by atoms with E-state index in [1.165, 1.54) is 6.08 Å². The maximum atomic E-state index is 14.1. The van der Waals surface area contributed by atoms with Gasteiger partial charge in [-0.25, -0.2) is 13.8 Å². The van der Waals surface area contributed by atoms with Gasteiger partial charge in [-0.3, -0.25) is 9.59 Å². The van der Waals surface area contributed by atoms with Crippen molar-refractivity contribution in [1.29, 1.82) is 0 Å². The molecule has 8 nitrogen and oxygen atoms in total. The molecule has 0 spiro atoms. The summed E-state index contributed by atoms with van der Waals surface area (Å²) in [5.74, 6) is -3.21. The number of benzene rings is 1. The number of oxazole rings is 1. The average Bonchev–Trinajstić information content (AvgIpc) is 3.12. The molecule has 0 radical (unpaired) electrons. The first kappa shape index (κ1) is 21.2. The topological polar surface area (TPSA) is 122 Å². The Balaban J connectivity index is 1.81. The van der Waals surface area contributed by atoms with Crippen LogP contribution >= 0.6 is 0 Å². The summed E-state index contributed by atoms with van der Waals surface area (Å²) in [6.07, 6.45) is 1.46. The van der Waals surface area contributed by atoms with Gasteiger partial charge in [-0.05, 0) is 43.8 Å². The summed E-state index contributed by atoms with van der Waals surface area (Å²) < 4.78 is 33.6. The molecule has 2 aromatic rings. The van der Waals surface area contributed by atoms with Crippen LogP contribution in [0.4, 0.5) is 20.4 Å². The number of aromatic nitrogens is 1. The van der Waals surface area contributed by atoms with Crippen LogP contribution < -0.4 is 21.7 Å². The molecule has 3 rings (SSSR count). The van der Waals surface area contributed by atoms with Crippen LogP contribution in [0.2, 0.25) is 0 Å². The first-order valence-electron chi connectivity index (χ1n) is 9.26. The summed E-state index contributed by atoms with van der Waals surface area (Å²) in [5.41, 5.74) is 5.50. The van der Waals surface area contributed by atoms with Crippen molar-refractivity contribution < 1.29 is 22.8 Å². The van der Waals surface area contributed by atoms with Crippen LogP contribution in [0.15, 0.2) is 46.4 Å². The minimum atomic E-state index is -0.922. The number of halogens is 2. The van der Waals surface area contributed by atoms with Crippen molar-refractivity contribution >= 4 is 29.0 Å². The fourth-order valence-electron chi connectivity index (χ4n) is 2.82. The summed E-state index contributed by atoms with van der Waals surface area (Å²) in [6.45, 7) is 1.12. The lowest BCUT2D eigenvalue weighted by atomic mass is 10.0. The lowest BCUT2D eigenvalue weighted by Gasteiger charge is -2.09. The van der Waals surface area contributed by atoms with E-state index in [1.54, 1.807) is 31.3 Å². The number of hydrogen-bond donors (Lipinski definition) is 4. The van der Waals surface area contributed by atoms with E-state index in [2.05, 4.69) is 20.9 Å². The summed E-state index contributed by atoms with van der Waals surface area (Å²) in [5, 5.41) is 8.47. The van der Waals surface area contributed by atoms with E-state index in [-0.39, 0.29) is 36.2 Å². The molecule has 2 amide bonds. The molecule has 158 valence electrons. The van der Waals surface area contributed by atoms with Gasteiger partial charge in [-0.15, -0.1) is 0 Å². The molecule has 0 saturated heterocycles. The van der Waals surface area contributed by atoms with Gasteiger partial charge in [0.2, 0.25) is 11.8 Å². The normalized spacial score (nSPS) is 13.8. The first-order chi connectivity index (χ1) is 14.4. The zero-order valence-electron chi connectivity index (χ0n) is 16.2. The molecule has 1 heterocycles. The summed E-state index contributed by atoms with van der Waals surface area (Å²) in [4.78, 5) is 27.6. The second-order valence-electron chi connectivity index (χ2n) is 6.49. The molecule has 1 aliphatic carbocycles. The van der Waals surface area contributed by atoms with Crippen LogP contribution in [0.1, 0.15) is 39.6 Å². The van der Waals surface area contributed by atoms with Gasteiger partial charge in [0.15, 0.2) is 5.69 Å². The van der Waals surface area contributed by atoms with Gasteiger partial charge in [0, 0.05) is 30.8 Å². The lowest BCUT2D eigenvalue weighted by Crippen LogP contribution is -2.30. The van der Waals surface area contributed by atoms with Gasteiger partial charge in [0.05, 0.1) is 0 Å². The fraction of sp³-hybridized carbons (Fsp3) is 0.250. The molecule has 1 aromatic carbocycles. The molecular formula is C20H21F2N5O3. The lowest BCUT2D eigenvalue weighted by molar-refractivity contribution is 0.0952. The molecule has 0 atom stereocenters. The third kappa shape index (κ3) is 4.71. The molecular weight excluding hydrogens is 396 g/mol. The number of anilines is 2. The minimum absolute atomic E-state index is 0.0116. The van der Waals surface area contributed by atoms with Crippen molar-refractivity contribution in [2.24, 2.45) is 5.73 Å². The zero-order chi connectivity index (χ0) is 21.7. The number of hydrogen-bond acceptors (Lipinski definition) is 6. The molecule has 30 heavy (non-hydrogen) atoms. The third-order valence-corrected chi connectivity index (χ3v) is 4.34. The number of carbonyl (C=O) groups excluding carboxylic acids is 2. The number of allylic oxidation sites excluding steroid dienone is 4. The van der Waals surface area contributed by atoms with E-state index in [0.29, 0.717) is 24.3 Å². The molecule has 1 aromatic heterocycles. The number of carbonyl (C=O) groups is 2. The molecule has 1 aliphatic rings. The fourth-order valence-corrected chi connectivity index (χ4v) is 2.82. The van der Waals surface area contributed by atoms with Crippen LogP contribution in [0.5, 0.6) is 0 Å². The Labute approximate surface area is 171 Å². The summed E-state index contributed by atoms with van der Waals surface area (Å²) >= 11 is 0. The number of nitrogens with two attached hydrogens (primary N) is 1. The maximum Gasteiger partial charge on any atom is 0.273 e. The predicted molar refractivity (Wildman–Crippen MR) is 107 cm³/mol. The molecule has 0 aliphatic heterocycles. The first-order valence-corrected chi connectivity index (χ1v) is 9.26. The van der Waals surface area contributed by atoms with Gasteiger partial charge in [0.1, 0.15) is 17.2 Å². The van der Waals surface area contributed by atoms with Gasteiger partial charge < -0.3 is 26.1 Å². The number of nitrogens with zero attached hydrogens (tertiary/aromatic N) is 1. The Morgan fingerprint density at radius 1 is 1.20 bits per heavy atom. The quantitative estimate of drug-likeness (QED) is 0.490. The van der Waals surface area contributed by atoms with E-state index < -0.39 is 23.1 Å². The highest BCUT2D eigenvalue weighted by molar-refractivity contribution is 5.97. The highest BCUT2D eigenvalue weighted by Crippen LogP contribution is 2.36. The van der Waals surface area contributed by atoms with Crippen molar-refractivity contribution in [2.45, 2.75) is 12.8 Å². The monoisotopic (exact) mass is 417 g/mol. The highest BCUT2D eigenvalue weighted by atomic mass is 19.1. The number of primary amides is 1. The van der Waals surface area contributed by atoms with E-state index in [0.717, 1.165) is 0 Å². The molecule has 5 N–H and O–H groups in total. The van der Waals surface area contributed by atoms with E-state index >= 15 is 0 Å². The zero-order valence-corrected chi connectivity index (χ0v) is 16.2. The Morgan fingerprint density at radius 3 is 2.57 bits per heavy atom. The number of amides is 2.